The second-order valence-corrected chi connectivity index (χ2v) is 10.4. The molecule has 0 bridgehead atoms. The summed E-state index contributed by atoms with van der Waals surface area (Å²) in [7, 11) is 3.32. The van der Waals surface area contributed by atoms with Gasteiger partial charge in [0.2, 0.25) is 5.91 Å². The lowest BCUT2D eigenvalue weighted by Crippen LogP contribution is -2.57. The second kappa shape index (κ2) is 8.68. The molecule has 0 radical (unpaired) electrons. The number of nitrogens with zero attached hydrogens (tertiary/aromatic N) is 4. The quantitative estimate of drug-likeness (QED) is 0.716. The predicted molar refractivity (Wildman–Crippen MR) is 126 cm³/mol. The second-order valence-electron chi connectivity index (χ2n) is 10.4. The van der Waals surface area contributed by atoms with Gasteiger partial charge in [-0.3, -0.25) is 19.2 Å². The van der Waals surface area contributed by atoms with E-state index in [9.17, 15) is 19.5 Å². The fourth-order valence-electron chi connectivity index (χ4n) is 4.79. The molecule has 1 aliphatic rings. The minimum atomic E-state index is -1.09. The molecule has 9 heteroatoms. The molecule has 2 heterocycles. The van der Waals surface area contributed by atoms with Crippen LogP contribution in [0.2, 0.25) is 0 Å². The molecule has 1 aromatic carbocycles. The number of fused-ring (bicyclic) bond motifs is 1. The van der Waals surface area contributed by atoms with Crippen molar-refractivity contribution in [1.82, 2.24) is 24.9 Å². The van der Waals surface area contributed by atoms with E-state index in [2.05, 4.69) is 10.4 Å². The molecule has 2 aromatic rings. The molecule has 1 aliphatic heterocycles. The van der Waals surface area contributed by atoms with Crippen LogP contribution in [-0.4, -0.2) is 74.8 Å². The van der Waals surface area contributed by atoms with Crippen molar-refractivity contribution in [2.24, 2.45) is 5.41 Å². The van der Waals surface area contributed by atoms with Crippen molar-refractivity contribution in [2.45, 2.75) is 65.1 Å². The molecule has 9 nitrogen and oxygen atoms in total. The third kappa shape index (κ3) is 4.41. The van der Waals surface area contributed by atoms with Gasteiger partial charge in [0, 0.05) is 38.1 Å². The van der Waals surface area contributed by atoms with E-state index in [-0.39, 0.29) is 30.8 Å². The van der Waals surface area contributed by atoms with Crippen molar-refractivity contribution < 1.29 is 19.5 Å². The van der Waals surface area contributed by atoms with Crippen molar-refractivity contribution in [3.63, 3.8) is 0 Å². The van der Waals surface area contributed by atoms with Crippen molar-refractivity contribution >= 4 is 28.8 Å². The molecular weight excluding hydrogens is 422 g/mol. The summed E-state index contributed by atoms with van der Waals surface area (Å²) in [5, 5.41) is 18.3. The lowest BCUT2D eigenvalue weighted by molar-refractivity contribution is -0.133. The minimum Gasteiger partial charge on any atom is -0.465 e. The van der Waals surface area contributed by atoms with Crippen LogP contribution in [0.3, 0.4) is 0 Å². The molecule has 0 unspecified atom stereocenters. The largest absolute Gasteiger partial charge is 0.465 e. The van der Waals surface area contributed by atoms with Gasteiger partial charge in [0.1, 0.15) is 0 Å². The molecule has 3 rings (SSSR count). The Morgan fingerprint density at radius 1 is 1.24 bits per heavy atom. The summed E-state index contributed by atoms with van der Waals surface area (Å²) >= 11 is 0. The van der Waals surface area contributed by atoms with Crippen LogP contribution in [-0.2, 0) is 4.79 Å². The number of nitrogens with one attached hydrogen (secondary N) is 1. The molecule has 1 fully saturated rings. The molecule has 33 heavy (non-hydrogen) atoms. The van der Waals surface area contributed by atoms with Crippen LogP contribution in [0.15, 0.2) is 24.3 Å². The Morgan fingerprint density at radius 3 is 2.42 bits per heavy atom. The number of carboxylic acid groups (broad SMARTS) is 1. The van der Waals surface area contributed by atoms with Crippen LogP contribution < -0.4 is 5.32 Å². The van der Waals surface area contributed by atoms with Crippen molar-refractivity contribution in [1.29, 1.82) is 0 Å². The lowest BCUT2D eigenvalue weighted by Gasteiger charge is -2.47. The summed E-state index contributed by atoms with van der Waals surface area (Å²) in [5.41, 5.74) is -0.282. The van der Waals surface area contributed by atoms with E-state index in [1.807, 2.05) is 63.6 Å². The van der Waals surface area contributed by atoms with E-state index >= 15 is 0 Å². The standard InChI is InChI=1S/C24H35N5O4/c1-15(2)29-18-11-9-8-10-17(18)20(26-29)21(31)25-16-12-24(23(3,4)5,13-19(30)27(6)7)28(14-16)22(32)33/h8-11,15-16H,12-14H2,1-7H3,(H,25,31)(H,32,33)/t16-,24-/m0/s1. The highest BCUT2D eigenvalue weighted by atomic mass is 16.4. The van der Waals surface area contributed by atoms with E-state index in [1.54, 1.807) is 14.1 Å². The highest BCUT2D eigenvalue weighted by Crippen LogP contribution is 2.46. The molecule has 0 saturated carbocycles. The number of para-hydroxylation sites is 1. The number of hydrogen-bond acceptors (Lipinski definition) is 4. The van der Waals surface area contributed by atoms with Crippen LogP contribution in [0, 0.1) is 5.41 Å². The van der Waals surface area contributed by atoms with Crippen molar-refractivity contribution in [2.75, 3.05) is 20.6 Å². The molecule has 2 atom stereocenters. The van der Waals surface area contributed by atoms with Crippen LogP contribution in [0.1, 0.15) is 64.0 Å². The number of rotatable bonds is 5. The first-order chi connectivity index (χ1) is 15.3. The molecule has 0 spiro atoms. The van der Waals surface area contributed by atoms with Gasteiger partial charge in [0.15, 0.2) is 5.69 Å². The maximum absolute atomic E-state index is 13.3. The fraction of sp³-hybridized carbons (Fsp3) is 0.583. The van der Waals surface area contributed by atoms with Crippen LogP contribution in [0.4, 0.5) is 4.79 Å². The molecular formula is C24H35N5O4. The first-order valence-corrected chi connectivity index (χ1v) is 11.3. The van der Waals surface area contributed by atoms with Gasteiger partial charge in [-0.1, -0.05) is 39.0 Å². The zero-order chi connectivity index (χ0) is 24.7. The average molecular weight is 458 g/mol. The Balaban J connectivity index is 1.94. The molecule has 1 aromatic heterocycles. The van der Waals surface area contributed by atoms with Crippen molar-refractivity contribution in [3.8, 4) is 0 Å². The molecule has 180 valence electrons. The van der Waals surface area contributed by atoms with E-state index in [0.717, 1.165) is 10.9 Å². The number of aromatic nitrogens is 2. The average Bonchev–Trinajstić information content (AvgIpc) is 3.27. The highest BCUT2D eigenvalue weighted by molar-refractivity contribution is 6.05. The topological polar surface area (TPSA) is 108 Å². The number of carbonyl (C=O) groups excluding carboxylic acids is 2. The first kappa shape index (κ1) is 24.5. The molecule has 0 aliphatic carbocycles. The molecule has 1 saturated heterocycles. The SMILES string of the molecule is CC(C)n1nc(C(=O)N[C@@H]2CN(C(=O)O)[C@@](CC(=O)N(C)C)(C(C)(C)C)C2)c2ccccc21. The van der Waals surface area contributed by atoms with E-state index in [1.165, 1.54) is 9.80 Å². The maximum atomic E-state index is 13.3. The summed E-state index contributed by atoms with van der Waals surface area (Å²) in [6.45, 7) is 9.93. The summed E-state index contributed by atoms with van der Waals surface area (Å²) in [6.07, 6.45) is -0.702. The smallest absolute Gasteiger partial charge is 0.407 e. The van der Waals surface area contributed by atoms with Crippen molar-refractivity contribution in [3.05, 3.63) is 30.0 Å². The summed E-state index contributed by atoms with van der Waals surface area (Å²) in [6, 6.07) is 7.21. The number of likely N-dealkylation sites (tertiary alicyclic amines) is 1. The fourth-order valence-corrected chi connectivity index (χ4v) is 4.79. The number of amides is 3. The normalized spacial score (nSPS) is 21.0. The van der Waals surface area contributed by atoms with E-state index in [4.69, 9.17) is 0 Å². The third-order valence-corrected chi connectivity index (χ3v) is 6.73. The number of benzene rings is 1. The van der Waals surface area contributed by atoms with Gasteiger partial charge in [0.25, 0.3) is 5.91 Å². The molecule has 3 amide bonds. The Kier molecular flexibility index (Phi) is 6.46. The van der Waals surface area contributed by atoms with Gasteiger partial charge in [-0.25, -0.2) is 4.79 Å². The van der Waals surface area contributed by atoms with Gasteiger partial charge in [-0.2, -0.15) is 5.10 Å². The van der Waals surface area contributed by atoms with Gasteiger partial charge in [-0.05, 0) is 31.7 Å². The zero-order valence-corrected chi connectivity index (χ0v) is 20.5. The third-order valence-electron chi connectivity index (χ3n) is 6.73. The number of carbonyl (C=O) groups is 3. The van der Waals surface area contributed by atoms with Gasteiger partial charge in [0.05, 0.1) is 17.5 Å². The number of hydrogen-bond donors (Lipinski definition) is 2. The van der Waals surface area contributed by atoms with Gasteiger partial charge in [-0.15, -0.1) is 0 Å². The monoisotopic (exact) mass is 457 g/mol. The Morgan fingerprint density at radius 2 is 1.88 bits per heavy atom. The Hall–Kier alpha value is -3.10. The van der Waals surface area contributed by atoms with Crippen LogP contribution in [0.5, 0.6) is 0 Å². The van der Waals surface area contributed by atoms with Gasteiger partial charge < -0.3 is 15.3 Å². The predicted octanol–water partition coefficient (Wildman–Crippen LogP) is 3.36. The molecule has 2 N–H and O–H groups in total. The lowest BCUT2D eigenvalue weighted by atomic mass is 9.69. The summed E-state index contributed by atoms with van der Waals surface area (Å²) < 4.78 is 1.82. The van der Waals surface area contributed by atoms with Gasteiger partial charge >= 0.3 is 6.09 Å². The summed E-state index contributed by atoms with van der Waals surface area (Å²) in [5.74, 6) is -0.491. The Labute approximate surface area is 194 Å². The van der Waals surface area contributed by atoms with Crippen LogP contribution >= 0.6 is 0 Å². The zero-order valence-electron chi connectivity index (χ0n) is 20.5. The van der Waals surface area contributed by atoms with E-state index < -0.39 is 23.1 Å². The maximum Gasteiger partial charge on any atom is 0.407 e. The summed E-state index contributed by atoms with van der Waals surface area (Å²) in [4.78, 5) is 41.0. The minimum absolute atomic E-state index is 0.0487. The first-order valence-electron chi connectivity index (χ1n) is 11.3. The Bertz CT molecular complexity index is 1070. The highest BCUT2D eigenvalue weighted by Gasteiger charge is 2.56. The van der Waals surface area contributed by atoms with E-state index in [0.29, 0.717) is 12.1 Å². The van der Waals surface area contributed by atoms with Crippen LogP contribution in [0.25, 0.3) is 10.9 Å².